The molecule has 4 aliphatic carbocycles. The molecule has 8 atom stereocenters. The zero-order valence-corrected chi connectivity index (χ0v) is 19.8. The number of carbonyl (C=O) groups excluding carboxylic acids is 4. The van der Waals surface area contributed by atoms with Crippen LogP contribution < -0.4 is 0 Å². The zero-order chi connectivity index (χ0) is 23.8. The fraction of sp³-hybridized carbons (Fsp3) is 0.704. The van der Waals surface area contributed by atoms with Crippen molar-refractivity contribution < 1.29 is 29.0 Å². The highest BCUT2D eigenvalue weighted by atomic mass is 16.6. The Labute approximate surface area is 194 Å². The van der Waals surface area contributed by atoms with Crippen LogP contribution in [0.5, 0.6) is 0 Å². The van der Waals surface area contributed by atoms with E-state index in [9.17, 15) is 24.3 Å². The summed E-state index contributed by atoms with van der Waals surface area (Å²) in [6.07, 6.45) is 8.62. The van der Waals surface area contributed by atoms with E-state index >= 15 is 0 Å². The number of hydrogen-bond donors (Lipinski definition) is 1. The zero-order valence-electron chi connectivity index (χ0n) is 19.8. The molecular formula is C27H34O6. The van der Waals surface area contributed by atoms with Gasteiger partial charge in [0.25, 0.3) is 0 Å². The van der Waals surface area contributed by atoms with Crippen molar-refractivity contribution >= 4 is 23.3 Å². The SMILES string of the molecule is CC(=O)/C=C/C(=O)[C@@H]1CC2=CC(=O)CC[C@]2(C)[C@@H]2[C@@H]1[C@@H]1CC[C@@]3(CCC(=O)O3)[C@@]1(C)C[C@H]2O. The van der Waals surface area contributed by atoms with Gasteiger partial charge in [0.15, 0.2) is 17.3 Å². The lowest BCUT2D eigenvalue weighted by Gasteiger charge is -2.62. The van der Waals surface area contributed by atoms with E-state index < -0.39 is 23.0 Å². The van der Waals surface area contributed by atoms with Gasteiger partial charge in [-0.05, 0) is 86.8 Å². The topological polar surface area (TPSA) is 97.7 Å². The van der Waals surface area contributed by atoms with E-state index in [1.54, 1.807) is 6.08 Å². The first-order valence-electron chi connectivity index (χ1n) is 12.4. The van der Waals surface area contributed by atoms with E-state index in [4.69, 9.17) is 4.74 Å². The van der Waals surface area contributed by atoms with E-state index in [2.05, 4.69) is 13.8 Å². The molecular weight excluding hydrogens is 420 g/mol. The second kappa shape index (κ2) is 7.46. The number of ketones is 3. The summed E-state index contributed by atoms with van der Waals surface area (Å²) in [6, 6.07) is 0. The molecule has 0 amide bonds. The number of fused-ring (bicyclic) bond motifs is 6. The monoisotopic (exact) mass is 454 g/mol. The Kier molecular flexibility index (Phi) is 5.13. The number of rotatable bonds is 3. The quantitative estimate of drug-likeness (QED) is 0.518. The molecule has 0 aromatic carbocycles. The maximum absolute atomic E-state index is 13.5. The molecule has 5 rings (SSSR count). The van der Waals surface area contributed by atoms with Crippen LogP contribution in [-0.2, 0) is 23.9 Å². The average Bonchev–Trinajstić information content (AvgIpc) is 3.26. The summed E-state index contributed by atoms with van der Waals surface area (Å²) < 4.78 is 5.98. The summed E-state index contributed by atoms with van der Waals surface area (Å²) >= 11 is 0. The van der Waals surface area contributed by atoms with Gasteiger partial charge in [0.05, 0.1) is 6.10 Å². The van der Waals surface area contributed by atoms with Gasteiger partial charge in [-0.3, -0.25) is 19.2 Å². The number of carbonyl (C=O) groups is 4. The molecule has 0 aromatic heterocycles. The van der Waals surface area contributed by atoms with Gasteiger partial charge in [-0.1, -0.05) is 19.4 Å². The summed E-state index contributed by atoms with van der Waals surface area (Å²) in [5.74, 6) is -0.875. The molecule has 0 unspecified atom stereocenters. The summed E-state index contributed by atoms with van der Waals surface area (Å²) in [5, 5.41) is 11.7. The van der Waals surface area contributed by atoms with E-state index in [1.807, 2.05) is 0 Å². The van der Waals surface area contributed by atoms with Gasteiger partial charge in [0, 0.05) is 24.2 Å². The fourth-order valence-corrected chi connectivity index (χ4v) is 8.57. The minimum absolute atomic E-state index is 0.0826. The van der Waals surface area contributed by atoms with E-state index in [-0.39, 0.29) is 46.5 Å². The third kappa shape index (κ3) is 3.16. The number of hydrogen-bond acceptors (Lipinski definition) is 6. The van der Waals surface area contributed by atoms with Crippen molar-refractivity contribution in [1.82, 2.24) is 0 Å². The summed E-state index contributed by atoms with van der Waals surface area (Å²) in [5.41, 5.74) is -0.326. The van der Waals surface area contributed by atoms with Crippen LogP contribution in [0.3, 0.4) is 0 Å². The van der Waals surface area contributed by atoms with Crippen LogP contribution in [0.1, 0.15) is 72.1 Å². The minimum Gasteiger partial charge on any atom is -0.458 e. The van der Waals surface area contributed by atoms with Crippen LogP contribution in [-0.4, -0.2) is 40.1 Å². The predicted octanol–water partition coefficient (Wildman–Crippen LogP) is 3.51. The highest BCUT2D eigenvalue weighted by molar-refractivity contribution is 5.99. The van der Waals surface area contributed by atoms with Crippen LogP contribution in [0, 0.1) is 34.5 Å². The molecule has 4 fully saturated rings. The Bertz CT molecular complexity index is 993. The van der Waals surface area contributed by atoms with E-state index in [0.717, 1.165) is 18.4 Å². The maximum atomic E-state index is 13.5. The number of ether oxygens (including phenoxy) is 1. The van der Waals surface area contributed by atoms with Crippen molar-refractivity contribution in [3.63, 3.8) is 0 Å². The molecule has 6 nitrogen and oxygen atoms in total. The molecule has 0 bridgehead atoms. The maximum Gasteiger partial charge on any atom is 0.306 e. The first-order chi connectivity index (χ1) is 15.5. The number of aliphatic hydroxyl groups excluding tert-OH is 1. The van der Waals surface area contributed by atoms with Crippen molar-refractivity contribution in [2.45, 2.75) is 83.8 Å². The molecule has 1 saturated heterocycles. The molecule has 1 N–H and O–H groups in total. The smallest absolute Gasteiger partial charge is 0.306 e. The van der Waals surface area contributed by atoms with Gasteiger partial charge in [-0.15, -0.1) is 0 Å². The van der Waals surface area contributed by atoms with Crippen molar-refractivity contribution in [3.05, 3.63) is 23.8 Å². The Morgan fingerprint density at radius 2 is 1.88 bits per heavy atom. The molecule has 1 heterocycles. The Hall–Kier alpha value is -2.08. The third-order valence-electron chi connectivity index (χ3n) is 10.1. The van der Waals surface area contributed by atoms with Crippen LogP contribution in [0.25, 0.3) is 0 Å². The van der Waals surface area contributed by atoms with Crippen LogP contribution >= 0.6 is 0 Å². The van der Waals surface area contributed by atoms with Crippen molar-refractivity contribution in [3.8, 4) is 0 Å². The van der Waals surface area contributed by atoms with Gasteiger partial charge in [0.2, 0.25) is 0 Å². The highest BCUT2D eigenvalue weighted by Crippen LogP contribution is 2.70. The standard InChI is InChI=1S/C27H34O6/c1-15(28)4-5-20(30)18-13-16-12-17(29)6-9-25(16,2)24-21(31)14-26(3)19(23(18)24)7-10-27(26)11-8-22(32)33-27/h4-5,12,18-19,21,23-24,31H,6-11,13-14H2,1-3H3/b5-4+/t18-,19-,21+,23-,24-,25-,26-,27+/m0/s1. The largest absolute Gasteiger partial charge is 0.458 e. The Balaban J connectivity index is 1.61. The molecule has 1 aliphatic heterocycles. The van der Waals surface area contributed by atoms with Gasteiger partial charge in [-0.2, -0.15) is 0 Å². The Morgan fingerprint density at radius 1 is 1.12 bits per heavy atom. The summed E-state index contributed by atoms with van der Waals surface area (Å²) in [7, 11) is 0. The van der Waals surface area contributed by atoms with Crippen LogP contribution in [0.4, 0.5) is 0 Å². The van der Waals surface area contributed by atoms with Gasteiger partial charge >= 0.3 is 5.97 Å². The average molecular weight is 455 g/mol. The normalized spacial score (nSPS) is 46.5. The molecule has 5 aliphatic rings. The number of esters is 1. The third-order valence-corrected chi connectivity index (χ3v) is 10.1. The van der Waals surface area contributed by atoms with Gasteiger partial charge < -0.3 is 9.84 Å². The highest BCUT2D eigenvalue weighted by Gasteiger charge is 2.70. The molecule has 1 spiro atoms. The minimum atomic E-state index is -0.653. The van der Waals surface area contributed by atoms with Gasteiger partial charge in [0.1, 0.15) is 5.60 Å². The first-order valence-corrected chi connectivity index (χ1v) is 12.4. The first kappa shape index (κ1) is 22.7. The van der Waals surface area contributed by atoms with E-state index in [1.165, 1.54) is 19.1 Å². The molecule has 178 valence electrons. The van der Waals surface area contributed by atoms with Crippen molar-refractivity contribution in [2.24, 2.45) is 34.5 Å². The number of aliphatic hydroxyl groups is 1. The molecule has 0 radical (unpaired) electrons. The Morgan fingerprint density at radius 3 is 2.55 bits per heavy atom. The van der Waals surface area contributed by atoms with Crippen LogP contribution in [0.2, 0.25) is 0 Å². The lowest BCUT2D eigenvalue weighted by Crippen LogP contribution is -2.62. The van der Waals surface area contributed by atoms with E-state index in [0.29, 0.717) is 38.5 Å². The molecule has 0 aromatic rings. The lowest BCUT2D eigenvalue weighted by atomic mass is 9.43. The predicted molar refractivity (Wildman–Crippen MR) is 120 cm³/mol. The van der Waals surface area contributed by atoms with Crippen molar-refractivity contribution in [2.75, 3.05) is 0 Å². The summed E-state index contributed by atoms with van der Waals surface area (Å²) in [6.45, 7) is 5.72. The second-order valence-electron chi connectivity index (χ2n) is 11.6. The van der Waals surface area contributed by atoms with Crippen LogP contribution in [0.15, 0.2) is 23.8 Å². The lowest BCUT2D eigenvalue weighted by molar-refractivity contribution is -0.192. The number of allylic oxidation sites excluding steroid dienone is 3. The molecule has 6 heteroatoms. The fourth-order valence-electron chi connectivity index (χ4n) is 8.57. The molecule has 3 saturated carbocycles. The second-order valence-corrected chi connectivity index (χ2v) is 11.6. The van der Waals surface area contributed by atoms with Gasteiger partial charge in [-0.25, -0.2) is 0 Å². The van der Waals surface area contributed by atoms with Crippen molar-refractivity contribution in [1.29, 1.82) is 0 Å². The molecule has 33 heavy (non-hydrogen) atoms. The summed E-state index contributed by atoms with van der Waals surface area (Å²) in [4.78, 5) is 49.5.